The lowest BCUT2D eigenvalue weighted by atomic mass is 9.78. The fourth-order valence-electron chi connectivity index (χ4n) is 3.09. The highest BCUT2D eigenvalue weighted by atomic mass is 35.5. The lowest BCUT2D eigenvalue weighted by Crippen LogP contribution is -2.49. The molecule has 2 N–H and O–H groups in total. The number of halogens is 1. The molecule has 0 atom stereocenters. The van der Waals surface area contributed by atoms with E-state index in [1.54, 1.807) is 14.2 Å². The summed E-state index contributed by atoms with van der Waals surface area (Å²) in [5.74, 6) is 1.45. The van der Waals surface area contributed by atoms with Crippen LogP contribution in [-0.2, 0) is 16.1 Å². The summed E-state index contributed by atoms with van der Waals surface area (Å²) in [6.45, 7) is 5.09. The van der Waals surface area contributed by atoms with Gasteiger partial charge < -0.3 is 24.8 Å². The van der Waals surface area contributed by atoms with Gasteiger partial charge >= 0.3 is 0 Å². The standard InChI is InChI=1S/C18H28N2O4.ClH/c1-4-24-16-11-14(5-6-15(16)23-3)12-20-17(21)18(13-22-2)7-9-19-10-8-18;/h5-6,11,19H,4,7-10,12-13H2,1-3H3,(H,20,21);1H. The quantitative estimate of drug-likeness (QED) is 0.731. The van der Waals surface area contributed by atoms with E-state index >= 15 is 0 Å². The third-order valence-electron chi connectivity index (χ3n) is 4.44. The number of rotatable bonds is 8. The Kier molecular flexibility index (Phi) is 9.03. The summed E-state index contributed by atoms with van der Waals surface area (Å²) in [6.07, 6.45) is 1.58. The minimum atomic E-state index is -0.435. The molecule has 1 amide bonds. The van der Waals surface area contributed by atoms with E-state index in [2.05, 4.69) is 10.6 Å². The number of ether oxygens (including phenoxy) is 3. The van der Waals surface area contributed by atoms with Gasteiger partial charge in [-0.1, -0.05) is 6.07 Å². The average molecular weight is 373 g/mol. The molecular formula is C18H29ClN2O4. The number of methoxy groups -OCH3 is 2. The van der Waals surface area contributed by atoms with Gasteiger partial charge in [0.15, 0.2) is 11.5 Å². The Labute approximate surface area is 156 Å². The number of piperidine rings is 1. The Hall–Kier alpha value is -1.50. The zero-order chi connectivity index (χ0) is 17.4. The lowest BCUT2D eigenvalue weighted by Gasteiger charge is -2.35. The molecule has 7 heteroatoms. The summed E-state index contributed by atoms with van der Waals surface area (Å²) in [7, 11) is 3.26. The maximum atomic E-state index is 12.7. The first-order valence-corrected chi connectivity index (χ1v) is 8.43. The second kappa shape index (κ2) is 10.5. The van der Waals surface area contributed by atoms with E-state index in [9.17, 15) is 4.79 Å². The molecule has 0 aromatic heterocycles. The van der Waals surface area contributed by atoms with Crippen molar-refractivity contribution in [2.45, 2.75) is 26.3 Å². The van der Waals surface area contributed by atoms with E-state index in [1.165, 1.54) is 0 Å². The lowest BCUT2D eigenvalue weighted by molar-refractivity contribution is -0.136. The molecule has 0 bridgehead atoms. The molecule has 1 heterocycles. The van der Waals surface area contributed by atoms with Crippen molar-refractivity contribution in [3.63, 3.8) is 0 Å². The van der Waals surface area contributed by atoms with Crippen LogP contribution in [0.25, 0.3) is 0 Å². The largest absolute Gasteiger partial charge is 0.493 e. The Balaban J connectivity index is 0.00000312. The molecule has 0 spiro atoms. The van der Waals surface area contributed by atoms with Crippen LogP contribution in [0.3, 0.4) is 0 Å². The second-order valence-electron chi connectivity index (χ2n) is 6.06. The van der Waals surface area contributed by atoms with Crippen LogP contribution in [0.5, 0.6) is 11.5 Å². The fourth-order valence-corrected chi connectivity index (χ4v) is 3.09. The van der Waals surface area contributed by atoms with Gasteiger partial charge in [0.25, 0.3) is 0 Å². The first-order chi connectivity index (χ1) is 11.6. The van der Waals surface area contributed by atoms with Gasteiger partial charge in [-0.05, 0) is 50.6 Å². The second-order valence-corrected chi connectivity index (χ2v) is 6.06. The summed E-state index contributed by atoms with van der Waals surface area (Å²) in [5, 5.41) is 6.35. The van der Waals surface area contributed by atoms with E-state index in [-0.39, 0.29) is 18.3 Å². The molecule has 1 aliphatic heterocycles. The van der Waals surface area contributed by atoms with E-state index < -0.39 is 5.41 Å². The molecule has 0 radical (unpaired) electrons. The van der Waals surface area contributed by atoms with Gasteiger partial charge in [0.05, 0.1) is 25.7 Å². The van der Waals surface area contributed by atoms with Crippen LogP contribution in [0.15, 0.2) is 18.2 Å². The molecule has 6 nitrogen and oxygen atoms in total. The van der Waals surface area contributed by atoms with E-state index in [4.69, 9.17) is 14.2 Å². The Morgan fingerprint density at radius 1 is 1.24 bits per heavy atom. The van der Waals surface area contributed by atoms with Gasteiger partial charge in [0.1, 0.15) is 0 Å². The smallest absolute Gasteiger partial charge is 0.228 e. The third-order valence-corrected chi connectivity index (χ3v) is 4.44. The van der Waals surface area contributed by atoms with Gasteiger partial charge in [0.2, 0.25) is 5.91 Å². The molecular weight excluding hydrogens is 344 g/mol. The van der Waals surface area contributed by atoms with Crippen LogP contribution >= 0.6 is 12.4 Å². The van der Waals surface area contributed by atoms with Gasteiger partial charge in [-0.25, -0.2) is 0 Å². The van der Waals surface area contributed by atoms with Crippen LogP contribution < -0.4 is 20.1 Å². The number of nitrogens with one attached hydrogen (secondary N) is 2. The highest BCUT2D eigenvalue weighted by Crippen LogP contribution is 2.30. The molecule has 1 fully saturated rings. The van der Waals surface area contributed by atoms with Crippen molar-refractivity contribution in [2.24, 2.45) is 5.41 Å². The highest BCUT2D eigenvalue weighted by molar-refractivity contribution is 5.85. The summed E-state index contributed by atoms with van der Waals surface area (Å²) in [5.41, 5.74) is 0.545. The number of benzene rings is 1. The van der Waals surface area contributed by atoms with Crippen molar-refractivity contribution >= 4 is 18.3 Å². The monoisotopic (exact) mass is 372 g/mol. The van der Waals surface area contributed by atoms with Crippen LogP contribution in [0.1, 0.15) is 25.3 Å². The molecule has 0 saturated carbocycles. The van der Waals surface area contributed by atoms with Gasteiger partial charge in [0, 0.05) is 13.7 Å². The molecule has 0 unspecified atom stereocenters. The minimum Gasteiger partial charge on any atom is -0.493 e. The van der Waals surface area contributed by atoms with Crippen LogP contribution in [0.4, 0.5) is 0 Å². The van der Waals surface area contributed by atoms with Gasteiger partial charge in [-0.2, -0.15) is 0 Å². The third kappa shape index (κ3) is 5.49. The molecule has 1 aromatic carbocycles. The molecule has 0 aliphatic carbocycles. The van der Waals surface area contributed by atoms with E-state index in [0.717, 1.165) is 31.5 Å². The Morgan fingerprint density at radius 3 is 2.56 bits per heavy atom. The molecule has 1 aromatic rings. The predicted molar refractivity (Wildman–Crippen MR) is 99.7 cm³/mol. The average Bonchev–Trinajstić information content (AvgIpc) is 2.61. The van der Waals surface area contributed by atoms with Crippen molar-refractivity contribution in [3.8, 4) is 11.5 Å². The van der Waals surface area contributed by atoms with Gasteiger partial charge in [-0.3, -0.25) is 4.79 Å². The fraction of sp³-hybridized carbons (Fsp3) is 0.611. The number of amides is 1. The summed E-state index contributed by atoms with van der Waals surface area (Å²) >= 11 is 0. The van der Waals surface area contributed by atoms with Crippen molar-refractivity contribution in [2.75, 3.05) is 40.5 Å². The van der Waals surface area contributed by atoms with Crippen molar-refractivity contribution in [3.05, 3.63) is 23.8 Å². The van der Waals surface area contributed by atoms with Gasteiger partial charge in [-0.15, -0.1) is 12.4 Å². The Morgan fingerprint density at radius 2 is 1.96 bits per heavy atom. The zero-order valence-electron chi connectivity index (χ0n) is 15.2. The Bertz CT molecular complexity index is 542. The topological polar surface area (TPSA) is 68.8 Å². The molecule has 2 rings (SSSR count). The normalized spacial score (nSPS) is 15.8. The van der Waals surface area contributed by atoms with Crippen LogP contribution in [0.2, 0.25) is 0 Å². The van der Waals surface area contributed by atoms with Crippen molar-refractivity contribution < 1.29 is 19.0 Å². The number of carbonyl (C=O) groups excluding carboxylic acids is 1. The van der Waals surface area contributed by atoms with Crippen LogP contribution in [0, 0.1) is 5.41 Å². The van der Waals surface area contributed by atoms with E-state index in [1.807, 2.05) is 25.1 Å². The summed E-state index contributed by atoms with van der Waals surface area (Å²) < 4.78 is 16.2. The summed E-state index contributed by atoms with van der Waals surface area (Å²) in [6, 6.07) is 5.71. The molecule has 25 heavy (non-hydrogen) atoms. The molecule has 1 aliphatic rings. The van der Waals surface area contributed by atoms with E-state index in [0.29, 0.717) is 31.3 Å². The molecule has 1 saturated heterocycles. The minimum absolute atomic E-state index is 0. The maximum Gasteiger partial charge on any atom is 0.228 e. The molecule has 142 valence electrons. The highest BCUT2D eigenvalue weighted by Gasteiger charge is 2.39. The first kappa shape index (κ1) is 21.5. The zero-order valence-corrected chi connectivity index (χ0v) is 16.0. The maximum absolute atomic E-state index is 12.7. The predicted octanol–water partition coefficient (Wildman–Crippen LogP) is 2.15. The van der Waals surface area contributed by atoms with Crippen molar-refractivity contribution in [1.29, 1.82) is 0 Å². The van der Waals surface area contributed by atoms with Crippen molar-refractivity contribution in [1.82, 2.24) is 10.6 Å². The number of carbonyl (C=O) groups is 1. The van der Waals surface area contributed by atoms with Crippen LogP contribution in [-0.4, -0.2) is 46.4 Å². The first-order valence-electron chi connectivity index (χ1n) is 8.43. The number of hydrogen-bond acceptors (Lipinski definition) is 5. The summed E-state index contributed by atoms with van der Waals surface area (Å²) in [4.78, 5) is 12.7. The number of hydrogen-bond donors (Lipinski definition) is 2. The SMILES string of the molecule is CCOc1cc(CNC(=O)C2(COC)CCNCC2)ccc1OC.Cl.